The summed E-state index contributed by atoms with van der Waals surface area (Å²) in [6.07, 6.45) is 4.65. The van der Waals surface area contributed by atoms with Gasteiger partial charge in [-0.15, -0.1) is 0 Å². The van der Waals surface area contributed by atoms with Gasteiger partial charge in [-0.05, 0) is 38.6 Å². The largest absolute Gasteiger partial charge is 0.304 e. The van der Waals surface area contributed by atoms with Crippen molar-refractivity contribution >= 4 is 0 Å². The maximum atomic E-state index is 12.5. The number of rotatable bonds is 2. The number of piperazine rings is 1. The van der Waals surface area contributed by atoms with E-state index in [4.69, 9.17) is 0 Å². The Balaban J connectivity index is 1.75. The van der Waals surface area contributed by atoms with Crippen LogP contribution in [0.3, 0.4) is 0 Å². The van der Waals surface area contributed by atoms with Crippen molar-refractivity contribution in [1.82, 2.24) is 9.80 Å². The molecule has 0 aromatic rings. The van der Waals surface area contributed by atoms with E-state index in [0.29, 0.717) is 5.92 Å². The summed E-state index contributed by atoms with van der Waals surface area (Å²) in [4.78, 5) is 5.01. The van der Waals surface area contributed by atoms with Crippen molar-refractivity contribution in [1.29, 1.82) is 0 Å². The Morgan fingerprint density at radius 1 is 1.00 bits per heavy atom. The second kappa shape index (κ2) is 5.26. The first-order valence-corrected chi connectivity index (χ1v) is 6.28. The molecule has 0 aromatic heterocycles. The summed E-state index contributed by atoms with van der Waals surface area (Å²) < 4.78 is 12.5. The second-order valence-corrected chi connectivity index (χ2v) is 5.17. The molecule has 0 bridgehead atoms. The average Bonchev–Trinajstić information content (AvgIpc) is 2.30. The molecule has 0 N–H and O–H groups in total. The summed E-state index contributed by atoms with van der Waals surface area (Å²) >= 11 is 0. The first kappa shape index (κ1) is 11.3. The molecule has 2 fully saturated rings. The molecule has 1 aliphatic heterocycles. The van der Waals surface area contributed by atoms with E-state index in [-0.39, 0.29) is 6.67 Å². The van der Waals surface area contributed by atoms with Gasteiger partial charge in [0.25, 0.3) is 0 Å². The fraction of sp³-hybridized carbons (Fsp3) is 1.00. The van der Waals surface area contributed by atoms with Crippen molar-refractivity contribution in [3.63, 3.8) is 0 Å². The second-order valence-electron chi connectivity index (χ2n) is 5.17. The fourth-order valence-corrected chi connectivity index (χ4v) is 2.85. The Morgan fingerprint density at radius 3 is 2.13 bits per heavy atom. The van der Waals surface area contributed by atoms with Crippen LogP contribution in [0.25, 0.3) is 0 Å². The van der Waals surface area contributed by atoms with E-state index in [1.807, 2.05) is 0 Å². The van der Waals surface area contributed by atoms with Gasteiger partial charge in [0.05, 0.1) is 6.67 Å². The minimum absolute atomic E-state index is 0.102. The average molecular weight is 214 g/mol. The van der Waals surface area contributed by atoms with Gasteiger partial charge in [0, 0.05) is 32.2 Å². The van der Waals surface area contributed by atoms with Gasteiger partial charge in [-0.1, -0.05) is 0 Å². The minimum atomic E-state index is -0.102. The molecule has 2 nitrogen and oxygen atoms in total. The van der Waals surface area contributed by atoms with Gasteiger partial charge in [-0.2, -0.15) is 0 Å². The number of likely N-dealkylation sites (N-methyl/N-ethyl adjacent to an activating group) is 1. The molecule has 0 aromatic carbocycles. The van der Waals surface area contributed by atoms with Gasteiger partial charge in [0.15, 0.2) is 0 Å². The van der Waals surface area contributed by atoms with Gasteiger partial charge in [-0.25, -0.2) is 0 Å². The highest BCUT2D eigenvalue weighted by Crippen LogP contribution is 2.28. The molecule has 88 valence electrons. The van der Waals surface area contributed by atoms with Gasteiger partial charge in [-0.3, -0.25) is 9.29 Å². The van der Waals surface area contributed by atoms with Gasteiger partial charge < -0.3 is 4.90 Å². The van der Waals surface area contributed by atoms with Crippen LogP contribution in [0, 0.1) is 5.92 Å². The summed E-state index contributed by atoms with van der Waals surface area (Å²) in [6, 6.07) is 0.751. The van der Waals surface area contributed by atoms with E-state index in [9.17, 15) is 4.39 Å². The van der Waals surface area contributed by atoms with Crippen molar-refractivity contribution in [2.24, 2.45) is 5.92 Å². The summed E-state index contributed by atoms with van der Waals surface area (Å²) in [5, 5.41) is 0. The van der Waals surface area contributed by atoms with Crippen LogP contribution in [0.5, 0.6) is 0 Å². The topological polar surface area (TPSA) is 6.48 Å². The number of hydrogen-bond acceptors (Lipinski definition) is 2. The molecule has 1 aliphatic carbocycles. The highest BCUT2D eigenvalue weighted by atomic mass is 19.1. The third-order valence-corrected chi connectivity index (χ3v) is 4.09. The molecule has 1 saturated carbocycles. The van der Waals surface area contributed by atoms with Gasteiger partial charge in [0.1, 0.15) is 0 Å². The van der Waals surface area contributed by atoms with E-state index in [1.54, 1.807) is 0 Å². The van der Waals surface area contributed by atoms with E-state index in [0.717, 1.165) is 18.9 Å². The molecule has 2 aliphatic rings. The maximum absolute atomic E-state index is 12.5. The Labute approximate surface area is 92.4 Å². The highest BCUT2D eigenvalue weighted by molar-refractivity contribution is 4.82. The molecule has 15 heavy (non-hydrogen) atoms. The fourth-order valence-electron chi connectivity index (χ4n) is 2.85. The zero-order chi connectivity index (χ0) is 10.7. The zero-order valence-corrected chi connectivity index (χ0v) is 9.79. The lowest BCUT2D eigenvalue weighted by atomic mass is 9.86. The Kier molecular flexibility index (Phi) is 3.98. The molecule has 1 saturated heterocycles. The zero-order valence-electron chi connectivity index (χ0n) is 9.79. The van der Waals surface area contributed by atoms with E-state index < -0.39 is 0 Å². The van der Waals surface area contributed by atoms with Crippen LogP contribution in [-0.4, -0.2) is 55.7 Å². The summed E-state index contributed by atoms with van der Waals surface area (Å²) in [6.45, 7) is 4.71. The third kappa shape index (κ3) is 2.91. The van der Waals surface area contributed by atoms with Crippen LogP contribution in [0.2, 0.25) is 0 Å². The monoisotopic (exact) mass is 214 g/mol. The van der Waals surface area contributed by atoms with E-state index >= 15 is 0 Å². The molecule has 0 radical (unpaired) electrons. The van der Waals surface area contributed by atoms with Crippen molar-refractivity contribution in [2.45, 2.75) is 31.7 Å². The maximum Gasteiger partial charge on any atom is 0.0922 e. The lowest BCUT2D eigenvalue weighted by Crippen LogP contribution is -2.49. The van der Waals surface area contributed by atoms with Crippen LogP contribution in [0.4, 0.5) is 4.39 Å². The predicted octanol–water partition coefficient (Wildman–Crippen LogP) is 1.76. The predicted molar refractivity (Wildman–Crippen MR) is 60.8 cm³/mol. The molecular weight excluding hydrogens is 191 g/mol. The normalized spacial score (nSPS) is 35.6. The van der Waals surface area contributed by atoms with Gasteiger partial charge >= 0.3 is 0 Å². The number of nitrogens with zero attached hydrogens (tertiary/aromatic N) is 2. The lowest BCUT2D eigenvalue weighted by molar-refractivity contribution is 0.0779. The van der Waals surface area contributed by atoms with Crippen LogP contribution in [0.1, 0.15) is 25.7 Å². The van der Waals surface area contributed by atoms with Crippen LogP contribution in [-0.2, 0) is 0 Å². The molecule has 0 amide bonds. The van der Waals surface area contributed by atoms with Crippen molar-refractivity contribution < 1.29 is 4.39 Å². The van der Waals surface area contributed by atoms with Gasteiger partial charge in [0.2, 0.25) is 0 Å². The Morgan fingerprint density at radius 2 is 1.60 bits per heavy atom. The first-order valence-electron chi connectivity index (χ1n) is 6.28. The SMILES string of the molecule is CN1CCN(C2CCC(CF)CC2)CC1. The van der Waals surface area contributed by atoms with Crippen molar-refractivity contribution in [2.75, 3.05) is 39.9 Å². The third-order valence-electron chi connectivity index (χ3n) is 4.09. The number of halogens is 1. The molecule has 0 spiro atoms. The standard InChI is InChI=1S/C12H23FN2/c1-14-6-8-15(9-7-14)12-4-2-11(10-13)3-5-12/h11-12H,2-10H2,1H3. The summed E-state index contributed by atoms with van der Waals surface area (Å²) in [5.41, 5.74) is 0. The molecular formula is C12H23FN2. The van der Waals surface area contributed by atoms with Crippen molar-refractivity contribution in [3.05, 3.63) is 0 Å². The van der Waals surface area contributed by atoms with Crippen LogP contribution < -0.4 is 0 Å². The number of hydrogen-bond donors (Lipinski definition) is 0. The highest BCUT2D eigenvalue weighted by Gasteiger charge is 2.27. The van der Waals surface area contributed by atoms with Crippen molar-refractivity contribution in [3.8, 4) is 0 Å². The summed E-state index contributed by atoms with van der Waals surface area (Å²) in [7, 11) is 2.19. The quantitative estimate of drug-likeness (QED) is 0.691. The van der Waals surface area contributed by atoms with E-state index in [1.165, 1.54) is 39.0 Å². The van der Waals surface area contributed by atoms with Crippen LogP contribution in [0.15, 0.2) is 0 Å². The summed E-state index contributed by atoms with van der Waals surface area (Å²) in [5.74, 6) is 0.369. The molecule has 3 heteroatoms. The molecule has 0 unspecified atom stereocenters. The lowest BCUT2D eigenvalue weighted by Gasteiger charge is -2.40. The first-order chi connectivity index (χ1) is 7.29. The Bertz CT molecular complexity index is 182. The molecule has 2 rings (SSSR count). The molecule has 1 heterocycles. The minimum Gasteiger partial charge on any atom is -0.304 e. The molecule has 0 atom stereocenters. The van der Waals surface area contributed by atoms with E-state index in [2.05, 4.69) is 16.8 Å². The van der Waals surface area contributed by atoms with Crippen LogP contribution >= 0.6 is 0 Å². The number of alkyl halides is 1. The smallest absolute Gasteiger partial charge is 0.0922 e. The Hall–Kier alpha value is -0.150.